The van der Waals surface area contributed by atoms with Crippen molar-refractivity contribution in [3.8, 4) is 0 Å². The molecule has 9 heteroatoms. The van der Waals surface area contributed by atoms with Gasteiger partial charge >= 0.3 is 6.18 Å². The average molecular weight is 308 g/mol. The second-order valence-corrected chi connectivity index (χ2v) is 4.04. The summed E-state index contributed by atoms with van der Waals surface area (Å²) in [7, 11) is 1.71. The summed E-state index contributed by atoms with van der Waals surface area (Å²) in [6.07, 6.45) is -4.31. The molecule has 0 fully saturated rings. The van der Waals surface area contributed by atoms with Gasteiger partial charge in [0.15, 0.2) is 5.82 Å². The lowest BCUT2D eigenvalue weighted by atomic mass is 10.4. The Morgan fingerprint density at radius 1 is 1.19 bits per heavy atom. The van der Waals surface area contributed by atoms with E-state index in [-0.39, 0.29) is 19.8 Å². The first kappa shape index (κ1) is 17.4. The molecule has 1 rings (SSSR count). The molecule has 6 nitrogen and oxygen atoms in total. The number of hydrogen-bond acceptors (Lipinski definition) is 6. The quantitative estimate of drug-likeness (QED) is 0.681. The van der Waals surface area contributed by atoms with Crippen LogP contribution in [0.3, 0.4) is 0 Å². The zero-order valence-electron chi connectivity index (χ0n) is 12.0. The van der Waals surface area contributed by atoms with Crippen molar-refractivity contribution in [2.45, 2.75) is 19.7 Å². The van der Waals surface area contributed by atoms with Gasteiger partial charge in [-0.1, -0.05) is 0 Å². The third-order valence-corrected chi connectivity index (χ3v) is 2.28. The third-order valence-electron chi connectivity index (χ3n) is 2.28. The van der Waals surface area contributed by atoms with Gasteiger partial charge in [-0.2, -0.15) is 13.2 Å². The lowest BCUT2D eigenvalue weighted by Crippen LogP contribution is -2.20. The van der Waals surface area contributed by atoms with Crippen molar-refractivity contribution < 1.29 is 22.6 Å². The summed E-state index contributed by atoms with van der Waals surface area (Å²) in [5.74, 6) is 1.58. The van der Waals surface area contributed by atoms with Crippen LogP contribution in [0.25, 0.3) is 0 Å². The standard InChI is InChI=1S/C12H19F3N4O2/c1-3-20-7-11-18-9(16-2)6-10(19-11)17-4-5-21-8-12(13,14)15/h6H,3-5,7-8H2,1-2H3,(H2,16,17,18,19). The normalized spacial score (nSPS) is 11.5. The Morgan fingerprint density at radius 3 is 2.52 bits per heavy atom. The van der Waals surface area contributed by atoms with Crippen LogP contribution in [0.4, 0.5) is 24.8 Å². The largest absolute Gasteiger partial charge is 0.411 e. The van der Waals surface area contributed by atoms with Gasteiger partial charge in [0.1, 0.15) is 24.8 Å². The molecule has 0 bridgehead atoms. The van der Waals surface area contributed by atoms with Crippen LogP contribution >= 0.6 is 0 Å². The Bertz CT molecular complexity index is 429. The maximum Gasteiger partial charge on any atom is 0.411 e. The number of hydrogen-bond donors (Lipinski definition) is 2. The Balaban J connectivity index is 2.46. The topological polar surface area (TPSA) is 68.3 Å². The molecule has 0 saturated carbocycles. The minimum atomic E-state index is -4.31. The van der Waals surface area contributed by atoms with E-state index < -0.39 is 12.8 Å². The van der Waals surface area contributed by atoms with Crippen LogP contribution < -0.4 is 10.6 Å². The smallest absolute Gasteiger partial charge is 0.374 e. The first-order chi connectivity index (χ1) is 9.94. The van der Waals surface area contributed by atoms with E-state index in [1.54, 1.807) is 13.1 Å². The van der Waals surface area contributed by atoms with E-state index in [0.29, 0.717) is 24.1 Å². The van der Waals surface area contributed by atoms with E-state index in [2.05, 4.69) is 25.3 Å². The average Bonchev–Trinajstić information content (AvgIpc) is 2.43. The summed E-state index contributed by atoms with van der Waals surface area (Å²) in [5, 5.41) is 5.76. The lowest BCUT2D eigenvalue weighted by molar-refractivity contribution is -0.172. The second-order valence-electron chi connectivity index (χ2n) is 4.04. The maximum atomic E-state index is 11.9. The number of halogens is 3. The van der Waals surface area contributed by atoms with Crippen LogP contribution in [-0.2, 0) is 16.1 Å². The molecule has 0 atom stereocenters. The Kier molecular flexibility index (Phi) is 7.17. The van der Waals surface area contributed by atoms with Crippen LogP contribution in [-0.4, -0.2) is 49.6 Å². The second kappa shape index (κ2) is 8.63. The molecule has 120 valence electrons. The van der Waals surface area contributed by atoms with Crippen LogP contribution in [0.1, 0.15) is 12.7 Å². The van der Waals surface area contributed by atoms with Crippen molar-refractivity contribution in [1.82, 2.24) is 9.97 Å². The van der Waals surface area contributed by atoms with Gasteiger partial charge in [-0.25, -0.2) is 9.97 Å². The van der Waals surface area contributed by atoms with Crippen molar-refractivity contribution in [1.29, 1.82) is 0 Å². The first-order valence-electron chi connectivity index (χ1n) is 6.46. The zero-order chi connectivity index (χ0) is 15.7. The molecule has 0 aliphatic rings. The monoisotopic (exact) mass is 308 g/mol. The Hall–Kier alpha value is -1.61. The molecular formula is C12H19F3N4O2. The predicted molar refractivity (Wildman–Crippen MR) is 72.3 cm³/mol. The molecule has 21 heavy (non-hydrogen) atoms. The minimum Gasteiger partial charge on any atom is -0.374 e. The number of nitrogens with zero attached hydrogens (tertiary/aromatic N) is 2. The number of ether oxygens (including phenoxy) is 2. The molecular weight excluding hydrogens is 289 g/mol. The molecule has 0 aromatic carbocycles. The highest BCUT2D eigenvalue weighted by molar-refractivity contribution is 5.47. The Labute approximate surface area is 121 Å². The molecule has 1 heterocycles. The van der Waals surface area contributed by atoms with E-state index >= 15 is 0 Å². The van der Waals surface area contributed by atoms with E-state index in [1.807, 2.05) is 6.92 Å². The predicted octanol–water partition coefficient (Wildman–Crippen LogP) is 2.05. The molecule has 0 saturated heterocycles. The van der Waals surface area contributed by atoms with E-state index in [0.717, 1.165) is 0 Å². The van der Waals surface area contributed by atoms with Crippen LogP contribution in [0, 0.1) is 0 Å². The molecule has 0 aliphatic carbocycles. The van der Waals surface area contributed by atoms with Crippen molar-refractivity contribution in [2.24, 2.45) is 0 Å². The minimum absolute atomic E-state index is 0.0702. The van der Waals surface area contributed by atoms with Gasteiger partial charge in [0.2, 0.25) is 0 Å². The summed E-state index contributed by atoms with van der Waals surface area (Å²) in [6.45, 7) is 1.56. The molecule has 2 N–H and O–H groups in total. The summed E-state index contributed by atoms with van der Waals surface area (Å²) < 4.78 is 45.4. The Morgan fingerprint density at radius 2 is 1.90 bits per heavy atom. The number of nitrogens with one attached hydrogen (secondary N) is 2. The van der Waals surface area contributed by atoms with Gasteiger partial charge in [-0.05, 0) is 6.92 Å². The molecule has 1 aromatic heterocycles. The van der Waals surface area contributed by atoms with Crippen LogP contribution in [0.15, 0.2) is 6.07 Å². The van der Waals surface area contributed by atoms with Gasteiger partial charge < -0.3 is 20.1 Å². The highest BCUT2D eigenvalue weighted by Crippen LogP contribution is 2.14. The number of rotatable bonds is 9. The summed E-state index contributed by atoms with van der Waals surface area (Å²) in [5.41, 5.74) is 0. The van der Waals surface area contributed by atoms with Gasteiger partial charge in [-0.3, -0.25) is 0 Å². The first-order valence-corrected chi connectivity index (χ1v) is 6.46. The van der Waals surface area contributed by atoms with Gasteiger partial charge in [0.25, 0.3) is 0 Å². The summed E-state index contributed by atoms with van der Waals surface area (Å²) in [6, 6.07) is 1.65. The fourth-order valence-electron chi connectivity index (χ4n) is 1.41. The maximum absolute atomic E-state index is 11.9. The number of aromatic nitrogens is 2. The van der Waals surface area contributed by atoms with Crippen molar-refractivity contribution >= 4 is 11.6 Å². The molecule has 0 aliphatic heterocycles. The highest BCUT2D eigenvalue weighted by atomic mass is 19.4. The molecule has 1 aromatic rings. The fraction of sp³-hybridized carbons (Fsp3) is 0.667. The summed E-state index contributed by atoms with van der Waals surface area (Å²) >= 11 is 0. The SMILES string of the molecule is CCOCc1nc(NC)cc(NCCOCC(F)(F)F)n1. The fourth-order valence-corrected chi connectivity index (χ4v) is 1.41. The van der Waals surface area contributed by atoms with Gasteiger partial charge in [-0.15, -0.1) is 0 Å². The number of alkyl halides is 3. The molecule has 0 spiro atoms. The molecule has 0 radical (unpaired) electrons. The molecule has 0 amide bonds. The van der Waals surface area contributed by atoms with Crippen molar-refractivity contribution in [3.63, 3.8) is 0 Å². The summed E-state index contributed by atoms with van der Waals surface area (Å²) in [4.78, 5) is 8.40. The lowest BCUT2D eigenvalue weighted by Gasteiger charge is -2.11. The highest BCUT2D eigenvalue weighted by Gasteiger charge is 2.27. The third kappa shape index (κ3) is 7.66. The van der Waals surface area contributed by atoms with E-state index in [9.17, 15) is 13.2 Å². The molecule has 0 unspecified atom stereocenters. The van der Waals surface area contributed by atoms with E-state index in [1.165, 1.54) is 0 Å². The van der Waals surface area contributed by atoms with Crippen molar-refractivity contribution in [3.05, 3.63) is 11.9 Å². The van der Waals surface area contributed by atoms with Gasteiger partial charge in [0, 0.05) is 26.3 Å². The van der Waals surface area contributed by atoms with Crippen LogP contribution in [0.5, 0.6) is 0 Å². The zero-order valence-corrected chi connectivity index (χ0v) is 12.0. The van der Waals surface area contributed by atoms with Crippen molar-refractivity contribution in [2.75, 3.05) is 44.0 Å². The number of anilines is 2. The van der Waals surface area contributed by atoms with E-state index in [4.69, 9.17) is 4.74 Å². The van der Waals surface area contributed by atoms with Crippen LogP contribution in [0.2, 0.25) is 0 Å². The van der Waals surface area contributed by atoms with Gasteiger partial charge in [0.05, 0.1) is 6.61 Å².